The van der Waals surface area contributed by atoms with E-state index < -0.39 is 12.5 Å². The number of hydrogen-bond donors (Lipinski definition) is 1. The fraction of sp³-hybridized carbons (Fsp3) is 0.318. The molecule has 2 aromatic carbocycles. The number of fused-ring (bicyclic) bond motifs is 1. The van der Waals surface area contributed by atoms with E-state index in [0.717, 1.165) is 27.6 Å². The van der Waals surface area contributed by atoms with Crippen LogP contribution in [0.5, 0.6) is 0 Å². The maximum atomic E-state index is 14.0. The van der Waals surface area contributed by atoms with E-state index in [0.29, 0.717) is 19.4 Å². The minimum absolute atomic E-state index is 0.263. The Labute approximate surface area is 152 Å². The SMILES string of the molecule is Cc1c(-c2ccc(CC3CCNC(F)C3F)cc2)cnc2ccccc12. The Bertz CT molecular complexity index is 908. The molecule has 0 spiro atoms. The lowest BCUT2D eigenvalue weighted by atomic mass is 9.88. The van der Waals surface area contributed by atoms with Crippen molar-refractivity contribution < 1.29 is 8.78 Å². The van der Waals surface area contributed by atoms with E-state index in [1.807, 2.05) is 36.5 Å². The number of alkyl halides is 2. The highest BCUT2D eigenvalue weighted by Gasteiger charge is 2.33. The zero-order chi connectivity index (χ0) is 18.1. The lowest BCUT2D eigenvalue weighted by Crippen LogP contribution is -2.45. The van der Waals surface area contributed by atoms with Gasteiger partial charge in [0.25, 0.3) is 0 Å². The van der Waals surface area contributed by atoms with Crippen molar-refractivity contribution in [1.29, 1.82) is 0 Å². The molecule has 0 aliphatic carbocycles. The van der Waals surface area contributed by atoms with Gasteiger partial charge in [0, 0.05) is 17.1 Å². The molecule has 2 nitrogen and oxygen atoms in total. The number of aromatic nitrogens is 1. The van der Waals surface area contributed by atoms with Crippen LogP contribution in [0.1, 0.15) is 17.5 Å². The van der Waals surface area contributed by atoms with Crippen LogP contribution in [-0.4, -0.2) is 24.0 Å². The molecule has 1 aliphatic rings. The van der Waals surface area contributed by atoms with Gasteiger partial charge in [-0.2, -0.15) is 0 Å². The normalized spacial score (nSPS) is 23.3. The molecule has 3 unspecified atom stereocenters. The van der Waals surface area contributed by atoms with Crippen LogP contribution in [0.2, 0.25) is 0 Å². The van der Waals surface area contributed by atoms with E-state index in [9.17, 15) is 8.78 Å². The number of benzene rings is 2. The molecule has 3 aromatic rings. The van der Waals surface area contributed by atoms with Crippen molar-refractivity contribution in [2.75, 3.05) is 6.54 Å². The van der Waals surface area contributed by atoms with Gasteiger partial charge in [-0.1, -0.05) is 42.5 Å². The van der Waals surface area contributed by atoms with E-state index in [-0.39, 0.29) is 5.92 Å². The van der Waals surface area contributed by atoms with Gasteiger partial charge in [0.1, 0.15) is 6.17 Å². The molecule has 0 saturated carbocycles. The van der Waals surface area contributed by atoms with Gasteiger partial charge in [-0.3, -0.25) is 10.3 Å². The first-order valence-corrected chi connectivity index (χ1v) is 9.08. The number of nitrogens with one attached hydrogen (secondary N) is 1. The van der Waals surface area contributed by atoms with Gasteiger partial charge in [-0.25, -0.2) is 8.78 Å². The first kappa shape index (κ1) is 17.1. The van der Waals surface area contributed by atoms with Crippen LogP contribution in [0.15, 0.2) is 54.7 Å². The molecule has 134 valence electrons. The van der Waals surface area contributed by atoms with E-state index in [1.54, 1.807) is 0 Å². The Morgan fingerprint density at radius 1 is 1.08 bits per heavy atom. The second-order valence-corrected chi connectivity index (χ2v) is 7.06. The summed E-state index contributed by atoms with van der Waals surface area (Å²) in [5.41, 5.74) is 5.43. The molecule has 1 N–H and O–H groups in total. The average molecular weight is 352 g/mol. The van der Waals surface area contributed by atoms with Gasteiger partial charge in [0.05, 0.1) is 5.52 Å². The van der Waals surface area contributed by atoms with Crippen molar-refractivity contribution in [3.8, 4) is 11.1 Å². The summed E-state index contributed by atoms with van der Waals surface area (Å²) in [6.45, 7) is 2.64. The van der Waals surface area contributed by atoms with Crippen LogP contribution in [0.4, 0.5) is 8.78 Å². The molecule has 3 atom stereocenters. The minimum Gasteiger partial charge on any atom is -0.285 e. The molecule has 0 radical (unpaired) electrons. The number of nitrogens with zero attached hydrogens (tertiary/aromatic N) is 1. The third-order valence-corrected chi connectivity index (χ3v) is 5.39. The van der Waals surface area contributed by atoms with Gasteiger partial charge in [0.15, 0.2) is 6.30 Å². The maximum absolute atomic E-state index is 14.0. The summed E-state index contributed by atoms with van der Waals surface area (Å²) in [7, 11) is 0. The minimum atomic E-state index is -1.54. The van der Waals surface area contributed by atoms with Gasteiger partial charge in [-0.15, -0.1) is 0 Å². The predicted molar refractivity (Wildman–Crippen MR) is 102 cm³/mol. The number of halogens is 2. The van der Waals surface area contributed by atoms with Crippen molar-refractivity contribution in [3.05, 3.63) is 65.9 Å². The van der Waals surface area contributed by atoms with Gasteiger partial charge >= 0.3 is 0 Å². The summed E-state index contributed by atoms with van der Waals surface area (Å²) in [4.78, 5) is 4.55. The van der Waals surface area contributed by atoms with Crippen LogP contribution in [-0.2, 0) is 6.42 Å². The monoisotopic (exact) mass is 352 g/mol. The highest BCUT2D eigenvalue weighted by Crippen LogP contribution is 2.30. The van der Waals surface area contributed by atoms with Crippen molar-refractivity contribution in [3.63, 3.8) is 0 Å². The van der Waals surface area contributed by atoms with Crippen LogP contribution < -0.4 is 5.32 Å². The van der Waals surface area contributed by atoms with Crippen molar-refractivity contribution in [2.45, 2.75) is 32.2 Å². The van der Waals surface area contributed by atoms with Crippen LogP contribution >= 0.6 is 0 Å². The quantitative estimate of drug-likeness (QED) is 0.671. The van der Waals surface area contributed by atoms with Gasteiger partial charge < -0.3 is 0 Å². The van der Waals surface area contributed by atoms with Crippen LogP contribution in [0, 0.1) is 12.8 Å². The summed E-state index contributed by atoms with van der Waals surface area (Å²) in [6.07, 6.45) is 0.162. The summed E-state index contributed by atoms with van der Waals surface area (Å²) in [5.74, 6) is -0.263. The Morgan fingerprint density at radius 2 is 1.85 bits per heavy atom. The van der Waals surface area contributed by atoms with Gasteiger partial charge in [-0.05, 0) is 55.0 Å². The lowest BCUT2D eigenvalue weighted by Gasteiger charge is -2.29. The molecule has 1 aromatic heterocycles. The number of rotatable bonds is 3. The highest BCUT2D eigenvalue weighted by molar-refractivity contribution is 5.88. The molecular formula is C22H22F2N2. The fourth-order valence-electron chi connectivity index (χ4n) is 3.83. The molecule has 0 bridgehead atoms. The molecule has 2 heterocycles. The Morgan fingerprint density at radius 3 is 2.65 bits per heavy atom. The first-order valence-electron chi connectivity index (χ1n) is 9.08. The number of pyridine rings is 1. The maximum Gasteiger partial charge on any atom is 0.182 e. The zero-order valence-electron chi connectivity index (χ0n) is 14.8. The summed E-state index contributed by atoms with van der Waals surface area (Å²) < 4.78 is 27.5. The fourth-order valence-corrected chi connectivity index (χ4v) is 3.83. The molecule has 1 fully saturated rings. The van der Waals surface area contributed by atoms with Gasteiger partial charge in [0.2, 0.25) is 0 Å². The topological polar surface area (TPSA) is 24.9 Å². The van der Waals surface area contributed by atoms with E-state index >= 15 is 0 Å². The third-order valence-electron chi connectivity index (χ3n) is 5.39. The van der Waals surface area contributed by atoms with Crippen molar-refractivity contribution in [1.82, 2.24) is 10.3 Å². The summed E-state index contributed by atoms with van der Waals surface area (Å²) in [5, 5.41) is 3.70. The Balaban J connectivity index is 1.57. The van der Waals surface area contributed by atoms with E-state index in [4.69, 9.17) is 0 Å². The second kappa shape index (κ2) is 7.12. The molecule has 4 heteroatoms. The highest BCUT2D eigenvalue weighted by atomic mass is 19.2. The average Bonchev–Trinajstić information content (AvgIpc) is 2.67. The summed E-state index contributed by atoms with van der Waals surface area (Å²) >= 11 is 0. The summed E-state index contributed by atoms with van der Waals surface area (Å²) in [6, 6.07) is 16.3. The molecule has 0 amide bonds. The standard InChI is InChI=1S/C22H22F2N2/c1-14-18-4-2-3-5-20(18)26-13-19(14)16-8-6-15(7-9-16)12-17-10-11-25-22(24)21(17)23/h2-9,13,17,21-22,25H,10-12H2,1H3. The smallest absolute Gasteiger partial charge is 0.182 e. The molecular weight excluding hydrogens is 330 g/mol. The lowest BCUT2D eigenvalue weighted by molar-refractivity contribution is 0.0528. The second-order valence-electron chi connectivity index (χ2n) is 7.06. The Kier molecular flexibility index (Phi) is 4.68. The van der Waals surface area contributed by atoms with E-state index in [2.05, 4.69) is 35.4 Å². The van der Waals surface area contributed by atoms with Crippen molar-refractivity contribution >= 4 is 10.9 Å². The predicted octanol–water partition coefficient (Wildman–Crippen LogP) is 5.00. The molecule has 4 rings (SSSR count). The first-order chi connectivity index (χ1) is 12.6. The number of piperidine rings is 1. The Hall–Kier alpha value is -2.33. The number of hydrogen-bond acceptors (Lipinski definition) is 2. The van der Waals surface area contributed by atoms with E-state index in [1.165, 1.54) is 5.56 Å². The number of para-hydroxylation sites is 1. The van der Waals surface area contributed by atoms with Crippen LogP contribution in [0.25, 0.3) is 22.0 Å². The molecule has 26 heavy (non-hydrogen) atoms. The zero-order valence-corrected chi connectivity index (χ0v) is 14.8. The largest absolute Gasteiger partial charge is 0.285 e. The molecule has 1 aliphatic heterocycles. The molecule has 1 saturated heterocycles. The number of aryl methyl sites for hydroxylation is 1. The van der Waals surface area contributed by atoms with Crippen LogP contribution in [0.3, 0.4) is 0 Å². The third kappa shape index (κ3) is 3.21. The van der Waals surface area contributed by atoms with Crippen molar-refractivity contribution in [2.24, 2.45) is 5.92 Å².